The van der Waals surface area contributed by atoms with Gasteiger partial charge in [-0.3, -0.25) is 4.79 Å². The van der Waals surface area contributed by atoms with Crippen molar-refractivity contribution in [2.75, 3.05) is 6.54 Å². The van der Waals surface area contributed by atoms with Crippen LogP contribution in [0.5, 0.6) is 0 Å². The van der Waals surface area contributed by atoms with E-state index in [1.165, 1.54) is 21.6 Å². The number of amides is 1. The number of benzene rings is 1. The summed E-state index contributed by atoms with van der Waals surface area (Å²) in [5, 5.41) is 12.4. The Morgan fingerprint density at radius 2 is 2.00 bits per heavy atom. The third-order valence-corrected chi connectivity index (χ3v) is 6.37. The molecular formula is C18H17N5OS. The highest BCUT2D eigenvalue weighted by Gasteiger charge is 2.31. The van der Waals surface area contributed by atoms with E-state index in [1.54, 1.807) is 22.3 Å². The zero-order chi connectivity index (χ0) is 16.8. The maximum Gasteiger partial charge on any atom is 0.257 e. The van der Waals surface area contributed by atoms with Crippen molar-refractivity contribution in [3.63, 3.8) is 0 Å². The summed E-state index contributed by atoms with van der Waals surface area (Å²) in [7, 11) is 0. The smallest absolute Gasteiger partial charge is 0.257 e. The highest BCUT2D eigenvalue weighted by molar-refractivity contribution is 7.15. The molecule has 0 saturated heterocycles. The summed E-state index contributed by atoms with van der Waals surface area (Å²) in [6.45, 7) is 1.43. The molecular weight excluding hydrogens is 334 g/mol. The topological polar surface area (TPSA) is 63.9 Å². The first-order valence-corrected chi connectivity index (χ1v) is 9.37. The molecule has 0 atom stereocenters. The molecule has 6 nitrogen and oxygen atoms in total. The minimum absolute atomic E-state index is 0.111. The molecule has 7 heteroatoms. The molecule has 0 spiro atoms. The van der Waals surface area contributed by atoms with Gasteiger partial charge >= 0.3 is 0 Å². The van der Waals surface area contributed by atoms with Gasteiger partial charge in [-0.2, -0.15) is 4.68 Å². The molecule has 3 aromatic rings. The largest absolute Gasteiger partial charge is 0.334 e. The Labute approximate surface area is 149 Å². The molecule has 0 radical (unpaired) electrons. The first kappa shape index (κ1) is 14.8. The lowest BCUT2D eigenvalue weighted by Gasteiger charge is -2.29. The highest BCUT2D eigenvalue weighted by Crippen LogP contribution is 2.38. The average molecular weight is 351 g/mol. The molecule has 1 aromatic carbocycles. The number of carbonyl (C=O) groups is 1. The predicted molar refractivity (Wildman–Crippen MR) is 93.9 cm³/mol. The summed E-state index contributed by atoms with van der Waals surface area (Å²) < 4.78 is 1.63. The second-order valence-electron chi connectivity index (χ2n) is 6.54. The van der Waals surface area contributed by atoms with Crippen molar-refractivity contribution in [1.82, 2.24) is 25.1 Å². The zero-order valence-electron chi connectivity index (χ0n) is 13.7. The molecule has 0 bridgehead atoms. The van der Waals surface area contributed by atoms with E-state index < -0.39 is 0 Å². The van der Waals surface area contributed by atoms with Crippen LogP contribution in [0.4, 0.5) is 0 Å². The normalized spacial score (nSPS) is 15.9. The van der Waals surface area contributed by atoms with Crippen LogP contribution in [0.15, 0.2) is 30.6 Å². The van der Waals surface area contributed by atoms with Crippen molar-refractivity contribution in [2.45, 2.75) is 32.2 Å². The second kappa shape index (κ2) is 5.77. The van der Waals surface area contributed by atoms with Crippen molar-refractivity contribution >= 4 is 17.2 Å². The Morgan fingerprint density at radius 1 is 1.12 bits per heavy atom. The molecule has 5 rings (SSSR count). The Kier molecular flexibility index (Phi) is 3.41. The number of aryl methyl sites for hydroxylation is 1. The number of hydrogen-bond donors (Lipinski definition) is 0. The van der Waals surface area contributed by atoms with Gasteiger partial charge in [0.25, 0.3) is 5.91 Å². The molecule has 0 unspecified atom stereocenters. The maximum atomic E-state index is 13.4. The van der Waals surface area contributed by atoms with Crippen molar-refractivity contribution < 1.29 is 4.79 Å². The molecule has 25 heavy (non-hydrogen) atoms. The van der Waals surface area contributed by atoms with E-state index in [2.05, 4.69) is 33.7 Å². The van der Waals surface area contributed by atoms with Crippen LogP contribution in [-0.4, -0.2) is 37.6 Å². The number of tetrazole rings is 1. The summed E-state index contributed by atoms with van der Waals surface area (Å²) in [4.78, 5) is 16.7. The first-order valence-electron chi connectivity index (χ1n) is 8.55. The fraction of sp³-hybridized carbons (Fsp3) is 0.333. The standard InChI is InChI=1S/C18H17N5OS/c24-17(22-9-8-12-4-1-2-5-13(12)10-22)16-14-6-3-7-15(14)25-18(16)23-11-19-20-21-23/h1-2,4-5,11H,3,6-10H2. The number of hydrogen-bond acceptors (Lipinski definition) is 5. The molecule has 2 aliphatic rings. The van der Waals surface area contributed by atoms with Crippen LogP contribution in [0.2, 0.25) is 0 Å². The third-order valence-electron chi connectivity index (χ3n) is 5.09. The van der Waals surface area contributed by atoms with E-state index >= 15 is 0 Å². The van der Waals surface area contributed by atoms with Crippen LogP contribution >= 0.6 is 11.3 Å². The van der Waals surface area contributed by atoms with E-state index in [0.29, 0.717) is 6.54 Å². The molecule has 2 aromatic heterocycles. The number of aromatic nitrogens is 4. The van der Waals surface area contributed by atoms with Gasteiger partial charge < -0.3 is 4.90 Å². The van der Waals surface area contributed by atoms with E-state index in [-0.39, 0.29) is 5.91 Å². The Bertz CT molecular complexity index is 947. The fourth-order valence-electron chi connectivity index (χ4n) is 3.85. The minimum atomic E-state index is 0.111. The third kappa shape index (κ3) is 2.38. The highest BCUT2D eigenvalue weighted by atomic mass is 32.1. The van der Waals surface area contributed by atoms with E-state index in [1.807, 2.05) is 11.0 Å². The zero-order valence-corrected chi connectivity index (χ0v) is 14.5. The van der Waals surface area contributed by atoms with Crippen LogP contribution in [0, 0.1) is 0 Å². The summed E-state index contributed by atoms with van der Waals surface area (Å²) >= 11 is 1.66. The molecule has 1 aliphatic heterocycles. The predicted octanol–water partition coefficient (Wildman–Crippen LogP) is 2.41. The molecule has 0 saturated carbocycles. The lowest BCUT2D eigenvalue weighted by molar-refractivity contribution is 0.0734. The number of thiophene rings is 1. The quantitative estimate of drug-likeness (QED) is 0.711. The number of nitrogens with zero attached hydrogens (tertiary/aromatic N) is 5. The molecule has 1 aliphatic carbocycles. The Hall–Kier alpha value is -2.54. The van der Waals surface area contributed by atoms with Gasteiger partial charge in [-0.25, -0.2) is 0 Å². The van der Waals surface area contributed by atoms with Gasteiger partial charge in [-0.15, -0.1) is 16.4 Å². The van der Waals surface area contributed by atoms with Gasteiger partial charge in [0, 0.05) is 18.0 Å². The van der Waals surface area contributed by atoms with Crippen LogP contribution in [-0.2, 0) is 25.8 Å². The lowest BCUT2D eigenvalue weighted by Crippen LogP contribution is -2.36. The number of carbonyl (C=O) groups excluding carboxylic acids is 1. The number of fused-ring (bicyclic) bond motifs is 2. The van der Waals surface area contributed by atoms with Gasteiger partial charge in [-0.05, 0) is 52.8 Å². The van der Waals surface area contributed by atoms with Crippen molar-refractivity contribution in [1.29, 1.82) is 0 Å². The molecule has 0 N–H and O–H groups in total. The molecule has 1 amide bonds. The molecule has 0 fully saturated rings. The minimum Gasteiger partial charge on any atom is -0.334 e. The number of rotatable bonds is 2. The summed E-state index contributed by atoms with van der Waals surface area (Å²) in [6.07, 6.45) is 5.63. The van der Waals surface area contributed by atoms with Crippen LogP contribution in [0.25, 0.3) is 5.00 Å². The van der Waals surface area contributed by atoms with Gasteiger partial charge in [0.05, 0.1) is 5.56 Å². The van der Waals surface area contributed by atoms with Crippen LogP contribution in [0.1, 0.15) is 38.3 Å². The second-order valence-corrected chi connectivity index (χ2v) is 7.62. The average Bonchev–Trinajstić information content (AvgIpc) is 3.36. The lowest BCUT2D eigenvalue weighted by atomic mass is 9.99. The van der Waals surface area contributed by atoms with Crippen molar-refractivity contribution in [3.8, 4) is 5.00 Å². The summed E-state index contributed by atoms with van der Waals surface area (Å²) in [5.74, 6) is 0.111. The van der Waals surface area contributed by atoms with E-state index in [4.69, 9.17) is 0 Å². The summed E-state index contributed by atoms with van der Waals surface area (Å²) in [6, 6.07) is 8.39. The van der Waals surface area contributed by atoms with E-state index in [9.17, 15) is 4.79 Å². The Morgan fingerprint density at radius 3 is 2.84 bits per heavy atom. The van der Waals surface area contributed by atoms with Crippen molar-refractivity contribution in [3.05, 3.63) is 57.7 Å². The van der Waals surface area contributed by atoms with Gasteiger partial charge in [0.1, 0.15) is 11.3 Å². The van der Waals surface area contributed by atoms with Crippen LogP contribution in [0.3, 0.4) is 0 Å². The SMILES string of the molecule is O=C(c1c(-n2cnnn2)sc2c1CCC2)N1CCc2ccccc2C1. The van der Waals surface area contributed by atoms with E-state index in [0.717, 1.165) is 42.8 Å². The van der Waals surface area contributed by atoms with Gasteiger partial charge in [0.2, 0.25) is 0 Å². The first-order chi connectivity index (χ1) is 12.3. The monoisotopic (exact) mass is 351 g/mol. The Balaban J connectivity index is 1.54. The van der Waals surface area contributed by atoms with Gasteiger partial charge in [-0.1, -0.05) is 24.3 Å². The molecule has 126 valence electrons. The summed E-state index contributed by atoms with van der Waals surface area (Å²) in [5.41, 5.74) is 4.62. The van der Waals surface area contributed by atoms with Crippen molar-refractivity contribution in [2.24, 2.45) is 0 Å². The van der Waals surface area contributed by atoms with Gasteiger partial charge in [0.15, 0.2) is 0 Å². The molecule has 3 heterocycles. The fourth-order valence-corrected chi connectivity index (χ4v) is 5.15. The maximum absolute atomic E-state index is 13.4. The van der Waals surface area contributed by atoms with Crippen LogP contribution < -0.4 is 0 Å².